The topological polar surface area (TPSA) is 93.8 Å². The summed E-state index contributed by atoms with van der Waals surface area (Å²) < 4.78 is 41.7. The van der Waals surface area contributed by atoms with Gasteiger partial charge >= 0.3 is 6.18 Å². The first-order valence-corrected chi connectivity index (χ1v) is 15.0. The average Bonchev–Trinajstić information content (AvgIpc) is 2.95. The minimum atomic E-state index is -4.63. The molecule has 3 saturated heterocycles. The van der Waals surface area contributed by atoms with E-state index < -0.39 is 17.6 Å². The molecule has 0 radical (unpaired) electrons. The summed E-state index contributed by atoms with van der Waals surface area (Å²) in [6, 6.07) is 9.25. The van der Waals surface area contributed by atoms with Gasteiger partial charge < -0.3 is 25.8 Å². The smallest absolute Gasteiger partial charge is 0.371 e. The summed E-state index contributed by atoms with van der Waals surface area (Å²) in [5.74, 6) is -0.799. The van der Waals surface area contributed by atoms with Crippen LogP contribution in [0.5, 0.6) is 0 Å². The van der Waals surface area contributed by atoms with Crippen LogP contribution < -0.4 is 20.9 Å². The van der Waals surface area contributed by atoms with Gasteiger partial charge in [0, 0.05) is 68.7 Å². The van der Waals surface area contributed by atoms with Crippen molar-refractivity contribution in [1.29, 1.82) is 0 Å². The van der Waals surface area contributed by atoms with Crippen molar-refractivity contribution >= 4 is 29.1 Å². The first kappa shape index (κ1) is 30.8. The lowest BCUT2D eigenvalue weighted by Gasteiger charge is -2.47. The molecule has 0 bridgehead atoms. The van der Waals surface area contributed by atoms with Crippen molar-refractivity contribution in [2.45, 2.75) is 76.7 Å². The first-order valence-electron chi connectivity index (χ1n) is 15.0. The van der Waals surface area contributed by atoms with Crippen molar-refractivity contribution in [2.75, 3.05) is 36.9 Å². The third kappa shape index (κ3) is 6.82. The average molecular weight is 600 g/mol. The maximum absolute atomic E-state index is 13.9. The molecule has 3 aliphatic heterocycles. The van der Waals surface area contributed by atoms with Gasteiger partial charge in [0.05, 0.1) is 11.5 Å². The highest BCUT2D eigenvalue weighted by molar-refractivity contribution is 6.05. The van der Waals surface area contributed by atoms with Crippen LogP contribution in [0.25, 0.3) is 0 Å². The molecule has 2 aromatic rings. The molecule has 0 saturated carbocycles. The van der Waals surface area contributed by atoms with Gasteiger partial charge in [-0.25, -0.2) is 0 Å². The number of likely N-dealkylation sites (N-methyl/N-ethyl adjacent to an activating group) is 1. The fourth-order valence-electron chi connectivity index (χ4n) is 6.87. The molecule has 3 amide bonds. The molecule has 3 N–H and O–H groups in total. The highest BCUT2D eigenvalue weighted by Crippen LogP contribution is 2.39. The zero-order valence-corrected chi connectivity index (χ0v) is 25.1. The summed E-state index contributed by atoms with van der Waals surface area (Å²) in [4.78, 5) is 41.9. The number of hydrogen-bond donors (Lipinski definition) is 3. The number of carbonyl (C=O) groups is 3. The zero-order valence-electron chi connectivity index (χ0n) is 25.1. The Morgan fingerprint density at radius 1 is 1.05 bits per heavy atom. The number of fused-ring (bicyclic) bond motifs is 1. The lowest BCUT2D eigenvalue weighted by Crippen LogP contribution is -2.57. The number of nitrogens with zero attached hydrogens (tertiary/aromatic N) is 2. The Morgan fingerprint density at radius 2 is 1.77 bits per heavy atom. The molecule has 5 rings (SSSR count). The van der Waals surface area contributed by atoms with Crippen LogP contribution in [0.1, 0.15) is 72.5 Å². The molecule has 2 aromatic carbocycles. The molecule has 11 heteroatoms. The maximum atomic E-state index is 13.9. The molecule has 0 spiro atoms. The van der Waals surface area contributed by atoms with Gasteiger partial charge in [0.2, 0.25) is 11.8 Å². The fourth-order valence-corrected chi connectivity index (χ4v) is 6.87. The monoisotopic (exact) mass is 599 g/mol. The normalized spacial score (nSPS) is 24.9. The minimum absolute atomic E-state index is 0.0299. The Hall–Kier alpha value is -3.60. The molecule has 3 heterocycles. The van der Waals surface area contributed by atoms with E-state index >= 15 is 0 Å². The van der Waals surface area contributed by atoms with Gasteiger partial charge in [0.1, 0.15) is 0 Å². The first-order chi connectivity index (χ1) is 20.3. The van der Waals surface area contributed by atoms with Crippen molar-refractivity contribution in [2.24, 2.45) is 5.92 Å². The van der Waals surface area contributed by atoms with Gasteiger partial charge in [-0.05, 0) is 86.9 Å². The number of aryl methyl sites for hydroxylation is 1. The van der Waals surface area contributed by atoms with E-state index in [0.717, 1.165) is 36.2 Å². The minimum Gasteiger partial charge on any atom is -0.371 e. The maximum Gasteiger partial charge on any atom is 0.416 e. The number of amides is 3. The fraction of sp³-hybridized carbons (Fsp3) is 0.531. The number of halogens is 3. The summed E-state index contributed by atoms with van der Waals surface area (Å²) in [5, 5.41) is 9.16. The van der Waals surface area contributed by atoms with E-state index in [1.165, 1.54) is 13.0 Å². The zero-order chi connectivity index (χ0) is 31.1. The van der Waals surface area contributed by atoms with Crippen LogP contribution in [0, 0.1) is 12.8 Å². The molecule has 43 heavy (non-hydrogen) atoms. The number of anilines is 2. The Balaban J connectivity index is 1.36. The van der Waals surface area contributed by atoms with Crippen molar-refractivity contribution in [3.05, 3.63) is 58.7 Å². The van der Waals surface area contributed by atoms with Gasteiger partial charge in [-0.1, -0.05) is 6.07 Å². The number of piperidine rings is 3. The molecule has 232 valence electrons. The predicted octanol–water partition coefficient (Wildman–Crippen LogP) is 4.68. The second-order valence-electron chi connectivity index (χ2n) is 12.4. The van der Waals surface area contributed by atoms with E-state index in [4.69, 9.17) is 0 Å². The van der Waals surface area contributed by atoms with Gasteiger partial charge in [-0.2, -0.15) is 13.2 Å². The van der Waals surface area contributed by atoms with Gasteiger partial charge in [-0.15, -0.1) is 0 Å². The third-order valence-corrected chi connectivity index (χ3v) is 9.24. The predicted molar refractivity (Wildman–Crippen MR) is 159 cm³/mol. The Bertz CT molecular complexity index is 1390. The van der Waals surface area contributed by atoms with Crippen LogP contribution in [0.15, 0.2) is 36.4 Å². The molecule has 0 aromatic heterocycles. The SMILES string of the molecule is CC(=O)NC1CCN(c2cc(C(=O)Nc3ccc(C)c(C4CC5CNC(C)CC5N(C)C4=O)c3)cc(C(F)(F)F)c2)CC1. The number of hydrogen-bond acceptors (Lipinski definition) is 5. The summed E-state index contributed by atoms with van der Waals surface area (Å²) in [5.41, 5.74) is 1.47. The number of carbonyl (C=O) groups excluding carboxylic acids is 3. The molecular weight excluding hydrogens is 559 g/mol. The second kappa shape index (κ2) is 12.2. The highest BCUT2D eigenvalue weighted by Gasteiger charge is 2.43. The largest absolute Gasteiger partial charge is 0.416 e. The van der Waals surface area contributed by atoms with E-state index in [0.29, 0.717) is 55.7 Å². The van der Waals surface area contributed by atoms with E-state index in [-0.39, 0.29) is 35.4 Å². The van der Waals surface area contributed by atoms with Crippen LogP contribution in [-0.2, 0) is 15.8 Å². The molecule has 4 atom stereocenters. The quantitative estimate of drug-likeness (QED) is 0.464. The molecule has 8 nitrogen and oxygen atoms in total. The van der Waals surface area contributed by atoms with Crippen LogP contribution in [0.3, 0.4) is 0 Å². The molecular formula is C32H40F3N5O3. The number of alkyl halides is 3. The lowest BCUT2D eigenvalue weighted by atomic mass is 9.75. The molecule has 3 fully saturated rings. The Kier molecular flexibility index (Phi) is 8.74. The van der Waals surface area contributed by atoms with Crippen molar-refractivity contribution in [3.8, 4) is 0 Å². The van der Waals surface area contributed by atoms with E-state index in [1.54, 1.807) is 12.1 Å². The van der Waals surface area contributed by atoms with Crippen molar-refractivity contribution in [3.63, 3.8) is 0 Å². The number of likely N-dealkylation sites (tertiary alicyclic amines) is 1. The summed E-state index contributed by atoms with van der Waals surface area (Å²) in [6.07, 6.45) is -1.85. The van der Waals surface area contributed by atoms with Crippen LogP contribution in [-0.4, -0.2) is 67.4 Å². The Morgan fingerprint density at radius 3 is 2.44 bits per heavy atom. The second-order valence-corrected chi connectivity index (χ2v) is 12.4. The lowest BCUT2D eigenvalue weighted by molar-refractivity contribution is -0.140. The van der Waals surface area contributed by atoms with Gasteiger partial charge in [0.15, 0.2) is 0 Å². The van der Waals surface area contributed by atoms with Gasteiger partial charge in [0.25, 0.3) is 5.91 Å². The van der Waals surface area contributed by atoms with Crippen LogP contribution in [0.2, 0.25) is 0 Å². The number of rotatable bonds is 5. The van der Waals surface area contributed by atoms with Crippen LogP contribution in [0.4, 0.5) is 24.5 Å². The van der Waals surface area contributed by atoms with E-state index in [9.17, 15) is 27.6 Å². The Labute approximate surface area is 250 Å². The summed E-state index contributed by atoms with van der Waals surface area (Å²) in [6.45, 7) is 7.23. The van der Waals surface area contributed by atoms with Crippen molar-refractivity contribution in [1.82, 2.24) is 15.5 Å². The van der Waals surface area contributed by atoms with E-state index in [1.807, 2.05) is 29.8 Å². The van der Waals surface area contributed by atoms with E-state index in [2.05, 4.69) is 22.9 Å². The van der Waals surface area contributed by atoms with Crippen LogP contribution >= 0.6 is 0 Å². The highest BCUT2D eigenvalue weighted by atomic mass is 19.4. The summed E-state index contributed by atoms with van der Waals surface area (Å²) in [7, 11) is 1.86. The van der Waals surface area contributed by atoms with Crippen molar-refractivity contribution < 1.29 is 27.6 Å². The number of nitrogens with one attached hydrogen (secondary N) is 3. The molecule has 4 unspecified atom stereocenters. The van der Waals surface area contributed by atoms with Gasteiger partial charge in [-0.3, -0.25) is 14.4 Å². The number of benzene rings is 2. The third-order valence-electron chi connectivity index (χ3n) is 9.24. The molecule has 0 aliphatic carbocycles. The summed E-state index contributed by atoms with van der Waals surface area (Å²) >= 11 is 0. The molecule has 3 aliphatic rings. The standard InChI is InChI=1S/C32H40F3N5O3/c1-18-5-6-25(16-27(18)28-14-22-17-36-19(2)11-29(22)39(4)31(28)43)38-30(42)21-12-23(32(33,34)35)15-26(13-21)40-9-7-24(8-10-40)37-20(3)41/h5-6,12-13,15-16,19,22,24,28-29,36H,7-11,14,17H2,1-4H3,(H,37,41)(H,38,42).